The minimum absolute atomic E-state index is 0.0824. The van der Waals surface area contributed by atoms with Gasteiger partial charge in [-0.1, -0.05) is 6.42 Å². The van der Waals surface area contributed by atoms with Gasteiger partial charge in [-0.05, 0) is 38.8 Å². The molecule has 7 heteroatoms. The van der Waals surface area contributed by atoms with Gasteiger partial charge in [-0.15, -0.1) is 5.10 Å². The number of nitrogens with zero attached hydrogens (tertiary/aromatic N) is 4. The van der Waals surface area contributed by atoms with Gasteiger partial charge in [-0.2, -0.15) is 5.10 Å². The standard InChI is InChI=1S/C16H21N5O2/c1-11-10-12(2)21(18-11)14-6-7-15(22)20(19-14)9-8-17-16(23)13-4-3-5-13/h6-7,10,13H,3-5,8-9H2,1-2H3,(H,17,23). The van der Waals surface area contributed by atoms with Crippen molar-refractivity contribution >= 4 is 5.91 Å². The first-order valence-electron chi connectivity index (χ1n) is 7.94. The van der Waals surface area contributed by atoms with Crippen molar-refractivity contribution in [3.05, 3.63) is 39.9 Å². The van der Waals surface area contributed by atoms with Crippen molar-refractivity contribution < 1.29 is 4.79 Å². The molecule has 122 valence electrons. The van der Waals surface area contributed by atoms with Crippen LogP contribution in [0.2, 0.25) is 0 Å². The minimum Gasteiger partial charge on any atom is -0.354 e. The number of hydrogen-bond acceptors (Lipinski definition) is 4. The summed E-state index contributed by atoms with van der Waals surface area (Å²) < 4.78 is 3.07. The van der Waals surface area contributed by atoms with Crippen LogP contribution in [0.4, 0.5) is 0 Å². The van der Waals surface area contributed by atoms with Crippen molar-refractivity contribution in [3.8, 4) is 5.82 Å². The number of nitrogens with one attached hydrogen (secondary N) is 1. The van der Waals surface area contributed by atoms with Gasteiger partial charge >= 0.3 is 0 Å². The second-order valence-corrected chi connectivity index (χ2v) is 6.01. The maximum absolute atomic E-state index is 11.9. The lowest BCUT2D eigenvalue weighted by Crippen LogP contribution is -2.37. The Hall–Kier alpha value is -2.44. The zero-order chi connectivity index (χ0) is 16.4. The lowest BCUT2D eigenvalue weighted by atomic mass is 9.85. The predicted octanol–water partition coefficient (Wildman–Crippen LogP) is 0.962. The molecule has 1 saturated carbocycles. The molecule has 1 N–H and O–H groups in total. The van der Waals surface area contributed by atoms with E-state index in [2.05, 4.69) is 15.5 Å². The van der Waals surface area contributed by atoms with Crippen LogP contribution in [0.5, 0.6) is 0 Å². The average Bonchev–Trinajstić information content (AvgIpc) is 2.78. The van der Waals surface area contributed by atoms with Gasteiger partial charge < -0.3 is 5.32 Å². The third kappa shape index (κ3) is 3.33. The highest BCUT2D eigenvalue weighted by Gasteiger charge is 2.24. The summed E-state index contributed by atoms with van der Waals surface area (Å²) >= 11 is 0. The van der Waals surface area contributed by atoms with Gasteiger partial charge in [0.15, 0.2) is 5.82 Å². The van der Waals surface area contributed by atoms with Gasteiger partial charge in [-0.25, -0.2) is 9.36 Å². The van der Waals surface area contributed by atoms with Gasteiger partial charge in [0.05, 0.1) is 12.2 Å². The average molecular weight is 315 g/mol. The van der Waals surface area contributed by atoms with E-state index in [0.717, 1.165) is 30.7 Å². The zero-order valence-corrected chi connectivity index (χ0v) is 13.5. The van der Waals surface area contributed by atoms with E-state index >= 15 is 0 Å². The SMILES string of the molecule is Cc1cc(C)n(-c2ccc(=O)n(CCNC(=O)C3CCC3)n2)n1. The summed E-state index contributed by atoms with van der Waals surface area (Å²) in [7, 11) is 0. The second kappa shape index (κ2) is 6.36. The van der Waals surface area contributed by atoms with Gasteiger partial charge in [0, 0.05) is 24.2 Å². The quantitative estimate of drug-likeness (QED) is 0.891. The molecule has 0 aromatic carbocycles. The smallest absolute Gasteiger partial charge is 0.266 e. The van der Waals surface area contributed by atoms with Crippen molar-refractivity contribution in [2.24, 2.45) is 5.92 Å². The molecule has 23 heavy (non-hydrogen) atoms. The molecule has 7 nitrogen and oxygen atoms in total. The summed E-state index contributed by atoms with van der Waals surface area (Å²) in [5.74, 6) is 0.834. The third-order valence-electron chi connectivity index (χ3n) is 4.18. The first-order valence-corrected chi connectivity index (χ1v) is 7.94. The van der Waals surface area contributed by atoms with Crippen LogP contribution in [0.25, 0.3) is 5.82 Å². The molecule has 0 radical (unpaired) electrons. The number of aryl methyl sites for hydroxylation is 2. The van der Waals surface area contributed by atoms with E-state index in [1.54, 1.807) is 10.7 Å². The van der Waals surface area contributed by atoms with Crippen molar-refractivity contribution in [1.82, 2.24) is 24.9 Å². The van der Waals surface area contributed by atoms with Crippen LogP contribution in [0.3, 0.4) is 0 Å². The molecule has 1 aliphatic carbocycles. The van der Waals surface area contributed by atoms with Crippen LogP contribution >= 0.6 is 0 Å². The second-order valence-electron chi connectivity index (χ2n) is 6.01. The number of aromatic nitrogens is 4. The maximum Gasteiger partial charge on any atom is 0.266 e. The molecule has 0 bridgehead atoms. The summed E-state index contributed by atoms with van der Waals surface area (Å²) in [5.41, 5.74) is 1.67. The fourth-order valence-corrected chi connectivity index (χ4v) is 2.67. The van der Waals surface area contributed by atoms with Crippen molar-refractivity contribution in [2.45, 2.75) is 39.7 Å². The Morgan fingerprint density at radius 1 is 1.30 bits per heavy atom. The van der Waals surface area contributed by atoms with Crippen LogP contribution in [-0.2, 0) is 11.3 Å². The zero-order valence-electron chi connectivity index (χ0n) is 13.5. The first kappa shape index (κ1) is 15.5. The van der Waals surface area contributed by atoms with E-state index in [1.807, 2.05) is 19.9 Å². The highest BCUT2D eigenvalue weighted by atomic mass is 16.2. The molecule has 0 unspecified atom stereocenters. The minimum atomic E-state index is -0.187. The first-order chi connectivity index (χ1) is 11.0. The predicted molar refractivity (Wildman–Crippen MR) is 85.4 cm³/mol. The highest BCUT2D eigenvalue weighted by molar-refractivity contribution is 5.79. The number of rotatable bonds is 5. The molecular weight excluding hydrogens is 294 g/mol. The van der Waals surface area contributed by atoms with E-state index in [-0.39, 0.29) is 17.4 Å². The Kier molecular flexibility index (Phi) is 4.27. The largest absolute Gasteiger partial charge is 0.354 e. The number of carbonyl (C=O) groups excluding carboxylic acids is 1. The molecule has 0 atom stereocenters. The lowest BCUT2D eigenvalue weighted by molar-refractivity contribution is -0.127. The monoisotopic (exact) mass is 315 g/mol. The van der Waals surface area contributed by atoms with Crippen LogP contribution in [-0.4, -0.2) is 32.0 Å². The maximum atomic E-state index is 11.9. The number of hydrogen-bond donors (Lipinski definition) is 1. The Balaban J connectivity index is 1.69. The lowest BCUT2D eigenvalue weighted by Gasteiger charge is -2.24. The van der Waals surface area contributed by atoms with Crippen LogP contribution in [0, 0.1) is 19.8 Å². The van der Waals surface area contributed by atoms with E-state index in [9.17, 15) is 9.59 Å². The Morgan fingerprint density at radius 2 is 2.09 bits per heavy atom. The summed E-state index contributed by atoms with van der Waals surface area (Å²) in [4.78, 5) is 23.7. The van der Waals surface area contributed by atoms with Crippen molar-refractivity contribution in [2.75, 3.05) is 6.54 Å². The van der Waals surface area contributed by atoms with Gasteiger partial charge in [0.25, 0.3) is 5.56 Å². The molecule has 2 heterocycles. The highest BCUT2D eigenvalue weighted by Crippen LogP contribution is 2.25. The van der Waals surface area contributed by atoms with Gasteiger partial charge in [0.2, 0.25) is 5.91 Å². The summed E-state index contributed by atoms with van der Waals surface area (Å²) in [6.07, 6.45) is 3.07. The summed E-state index contributed by atoms with van der Waals surface area (Å²) in [6, 6.07) is 5.09. The fourth-order valence-electron chi connectivity index (χ4n) is 2.67. The molecule has 2 aromatic rings. The van der Waals surface area contributed by atoms with E-state index in [1.165, 1.54) is 10.7 Å². The Morgan fingerprint density at radius 3 is 2.70 bits per heavy atom. The number of carbonyl (C=O) groups is 1. The fraction of sp³-hybridized carbons (Fsp3) is 0.500. The molecule has 0 aliphatic heterocycles. The van der Waals surface area contributed by atoms with Gasteiger partial charge in [0.1, 0.15) is 0 Å². The van der Waals surface area contributed by atoms with E-state index in [0.29, 0.717) is 18.9 Å². The molecular formula is C16H21N5O2. The Bertz CT molecular complexity index is 773. The molecule has 0 spiro atoms. The topological polar surface area (TPSA) is 81.8 Å². The molecule has 3 rings (SSSR count). The van der Waals surface area contributed by atoms with Crippen LogP contribution in [0.1, 0.15) is 30.7 Å². The summed E-state index contributed by atoms with van der Waals surface area (Å²) in [6.45, 7) is 4.61. The normalized spacial score (nSPS) is 14.5. The summed E-state index contributed by atoms with van der Waals surface area (Å²) in [5, 5.41) is 11.6. The van der Waals surface area contributed by atoms with Crippen molar-refractivity contribution in [3.63, 3.8) is 0 Å². The molecule has 1 amide bonds. The van der Waals surface area contributed by atoms with Crippen molar-refractivity contribution in [1.29, 1.82) is 0 Å². The van der Waals surface area contributed by atoms with Crippen LogP contribution in [0.15, 0.2) is 23.0 Å². The molecule has 1 fully saturated rings. The van der Waals surface area contributed by atoms with Crippen LogP contribution < -0.4 is 10.9 Å². The molecule has 0 saturated heterocycles. The van der Waals surface area contributed by atoms with E-state index < -0.39 is 0 Å². The third-order valence-corrected chi connectivity index (χ3v) is 4.18. The molecule has 1 aliphatic rings. The Labute approximate surface area is 134 Å². The molecule has 2 aromatic heterocycles. The number of amides is 1. The van der Waals surface area contributed by atoms with Gasteiger partial charge in [-0.3, -0.25) is 9.59 Å². The van der Waals surface area contributed by atoms with E-state index in [4.69, 9.17) is 0 Å².